The molecule has 10 heteroatoms. The Balaban J connectivity index is 0.000000401. The molecule has 4 rings (SSSR count). The van der Waals surface area contributed by atoms with E-state index in [1.54, 1.807) is 11.3 Å². The van der Waals surface area contributed by atoms with E-state index in [0.717, 1.165) is 40.1 Å². The van der Waals surface area contributed by atoms with Crippen molar-refractivity contribution < 1.29 is 21.7 Å². The van der Waals surface area contributed by atoms with Gasteiger partial charge in [0.2, 0.25) is 10.4 Å². The number of fused-ring (bicyclic) bond motifs is 1. The van der Waals surface area contributed by atoms with Crippen molar-refractivity contribution in [2.45, 2.75) is 6.92 Å². The number of rotatable bonds is 4. The molecule has 0 saturated carbocycles. The van der Waals surface area contributed by atoms with Gasteiger partial charge in [-0.2, -0.15) is 0 Å². The van der Waals surface area contributed by atoms with Gasteiger partial charge in [0, 0.05) is 23.4 Å². The van der Waals surface area contributed by atoms with Crippen molar-refractivity contribution in [1.29, 1.82) is 0 Å². The zero-order valence-corrected chi connectivity index (χ0v) is 19.1. The van der Waals surface area contributed by atoms with Crippen LogP contribution in [0.25, 0.3) is 22.2 Å². The Hall–Kier alpha value is -2.92. The maximum atomic E-state index is 9.22. The molecule has 0 N–H and O–H groups in total. The Kier molecular flexibility index (Phi) is 6.96. The summed E-state index contributed by atoms with van der Waals surface area (Å²) in [5.74, 6) is 0. The second-order valence-electron chi connectivity index (χ2n) is 6.63. The third kappa shape index (κ3) is 5.23. The minimum atomic E-state index is -4.41. The molecular weight excluding hydrogens is 436 g/mol. The molecule has 2 aromatic carbocycles. The molecule has 8 nitrogen and oxygen atoms in total. The number of benzene rings is 2. The SMILES string of the molecule is COS(=O)(=O)[O-].Cc1csc(N=Nc2c(-c3ccccc3)n(C)c3ccccc23)[n+]1C. The lowest BCUT2D eigenvalue weighted by Crippen LogP contribution is -2.28. The number of aromatic nitrogens is 2. The van der Waals surface area contributed by atoms with Crippen LogP contribution in [-0.2, 0) is 28.7 Å². The summed E-state index contributed by atoms with van der Waals surface area (Å²) in [6.07, 6.45) is 0. The van der Waals surface area contributed by atoms with Gasteiger partial charge in [-0.05, 0) is 29.4 Å². The first-order valence-electron chi connectivity index (χ1n) is 9.23. The van der Waals surface area contributed by atoms with Crippen molar-refractivity contribution in [3.05, 3.63) is 65.7 Å². The molecule has 2 aromatic heterocycles. The Bertz CT molecular complexity index is 1330. The van der Waals surface area contributed by atoms with Gasteiger partial charge < -0.3 is 9.12 Å². The van der Waals surface area contributed by atoms with Crippen LogP contribution in [0.4, 0.5) is 10.8 Å². The first kappa shape index (κ1) is 22.8. The van der Waals surface area contributed by atoms with Crippen LogP contribution in [0.1, 0.15) is 5.69 Å². The highest BCUT2D eigenvalue weighted by Gasteiger charge is 2.19. The van der Waals surface area contributed by atoms with Crippen molar-refractivity contribution in [3.63, 3.8) is 0 Å². The van der Waals surface area contributed by atoms with Gasteiger partial charge in [-0.15, -0.1) is 0 Å². The Morgan fingerprint density at radius 1 is 1.06 bits per heavy atom. The van der Waals surface area contributed by atoms with E-state index in [1.807, 2.05) is 19.2 Å². The van der Waals surface area contributed by atoms with E-state index in [1.165, 1.54) is 5.69 Å². The van der Waals surface area contributed by atoms with Gasteiger partial charge in [0.1, 0.15) is 11.4 Å². The number of para-hydroxylation sites is 1. The van der Waals surface area contributed by atoms with Crippen molar-refractivity contribution >= 4 is 43.5 Å². The van der Waals surface area contributed by atoms with Crippen LogP contribution in [0.2, 0.25) is 0 Å². The van der Waals surface area contributed by atoms with E-state index < -0.39 is 10.4 Å². The van der Waals surface area contributed by atoms with Crippen molar-refractivity contribution in [1.82, 2.24) is 4.57 Å². The second-order valence-corrected chi connectivity index (χ2v) is 8.62. The summed E-state index contributed by atoms with van der Waals surface area (Å²) in [7, 11) is 0.493. The van der Waals surface area contributed by atoms with Crippen LogP contribution in [0.15, 0.2) is 70.2 Å². The maximum absolute atomic E-state index is 9.22. The summed E-state index contributed by atoms with van der Waals surface area (Å²) in [6.45, 7) is 2.07. The van der Waals surface area contributed by atoms with Gasteiger partial charge in [-0.3, -0.25) is 4.18 Å². The van der Waals surface area contributed by atoms with Crippen LogP contribution < -0.4 is 4.57 Å². The van der Waals surface area contributed by atoms with Gasteiger partial charge in [0.25, 0.3) is 0 Å². The van der Waals surface area contributed by atoms with Crippen LogP contribution >= 0.6 is 11.3 Å². The smallest absolute Gasteiger partial charge is 0.408 e. The largest absolute Gasteiger partial charge is 0.726 e. The fourth-order valence-electron chi connectivity index (χ4n) is 3.03. The summed E-state index contributed by atoms with van der Waals surface area (Å²) in [4.78, 5) is 0. The van der Waals surface area contributed by atoms with Crippen LogP contribution in [0, 0.1) is 6.92 Å². The van der Waals surface area contributed by atoms with Gasteiger partial charge in [-0.25, -0.2) is 13.0 Å². The number of hydrogen-bond donors (Lipinski definition) is 0. The minimum Gasteiger partial charge on any atom is -0.726 e. The zero-order valence-electron chi connectivity index (χ0n) is 17.5. The number of nitrogens with zero attached hydrogens (tertiary/aromatic N) is 4. The van der Waals surface area contributed by atoms with E-state index in [-0.39, 0.29) is 0 Å². The molecule has 0 fully saturated rings. The summed E-state index contributed by atoms with van der Waals surface area (Å²) < 4.78 is 35.3. The highest BCUT2D eigenvalue weighted by atomic mass is 32.3. The molecule has 0 atom stereocenters. The van der Waals surface area contributed by atoms with E-state index in [2.05, 4.69) is 85.4 Å². The van der Waals surface area contributed by atoms with E-state index >= 15 is 0 Å². The molecular formula is C21H22N4O4S2. The third-order valence-electron chi connectivity index (χ3n) is 4.72. The predicted octanol–water partition coefficient (Wildman–Crippen LogP) is 4.55. The molecule has 0 aliphatic heterocycles. The molecule has 0 aliphatic carbocycles. The molecule has 0 bridgehead atoms. The van der Waals surface area contributed by atoms with Gasteiger partial charge in [0.15, 0.2) is 0 Å². The summed E-state index contributed by atoms with van der Waals surface area (Å²) >= 11 is 1.61. The zero-order chi connectivity index (χ0) is 22.6. The predicted molar refractivity (Wildman–Crippen MR) is 119 cm³/mol. The normalized spacial score (nSPS) is 11.6. The van der Waals surface area contributed by atoms with Gasteiger partial charge in [0.05, 0.1) is 30.5 Å². The quantitative estimate of drug-likeness (QED) is 0.194. The molecule has 162 valence electrons. The average Bonchev–Trinajstić information content (AvgIpc) is 3.23. The Morgan fingerprint density at radius 3 is 2.26 bits per heavy atom. The fraction of sp³-hybridized carbons (Fsp3) is 0.190. The molecule has 4 aromatic rings. The molecule has 0 unspecified atom stereocenters. The third-order valence-corrected chi connectivity index (χ3v) is 6.15. The van der Waals surface area contributed by atoms with E-state index in [4.69, 9.17) is 0 Å². The summed E-state index contributed by atoms with van der Waals surface area (Å²) in [5, 5.41) is 13.3. The number of aryl methyl sites for hydroxylation is 2. The monoisotopic (exact) mass is 458 g/mol. The molecule has 0 radical (unpaired) electrons. The molecule has 2 heterocycles. The van der Waals surface area contributed by atoms with E-state index in [9.17, 15) is 13.0 Å². The first-order valence-corrected chi connectivity index (χ1v) is 11.4. The second kappa shape index (κ2) is 9.48. The number of azo groups is 1. The van der Waals surface area contributed by atoms with Crippen LogP contribution in [-0.4, -0.2) is 24.6 Å². The van der Waals surface area contributed by atoms with Crippen molar-refractivity contribution in [3.8, 4) is 11.3 Å². The summed E-state index contributed by atoms with van der Waals surface area (Å²) in [6, 6.07) is 18.7. The molecule has 0 spiro atoms. The topological polar surface area (TPSA) is 100.0 Å². The standard InChI is InChI=1S/C20H19N4S.CH4O4S/c1-14-13-25-20(23(14)2)22-21-18-16-11-7-8-12-17(16)24(3)19(18)15-9-5-4-6-10-15;1-5-6(2,3)4/h4-13H,1-3H3;1H3,(H,2,3,4)/q+1;/p-1. The number of thiazole rings is 1. The van der Waals surface area contributed by atoms with Gasteiger partial charge in [-0.1, -0.05) is 48.5 Å². The lowest BCUT2D eigenvalue weighted by Gasteiger charge is -2.04. The van der Waals surface area contributed by atoms with Crippen LogP contribution in [0.5, 0.6) is 0 Å². The lowest BCUT2D eigenvalue weighted by atomic mass is 10.1. The highest BCUT2D eigenvalue weighted by molar-refractivity contribution is 7.80. The summed E-state index contributed by atoms with van der Waals surface area (Å²) in [5.41, 5.74) is 5.47. The molecule has 0 saturated heterocycles. The minimum absolute atomic E-state index is 0.808. The lowest BCUT2D eigenvalue weighted by molar-refractivity contribution is -0.660. The number of hydrogen-bond acceptors (Lipinski definition) is 7. The van der Waals surface area contributed by atoms with Gasteiger partial charge >= 0.3 is 5.13 Å². The Labute approximate surface area is 185 Å². The van der Waals surface area contributed by atoms with E-state index in [0.29, 0.717) is 0 Å². The van der Waals surface area contributed by atoms with Crippen molar-refractivity contribution in [2.75, 3.05) is 7.11 Å². The van der Waals surface area contributed by atoms with Crippen molar-refractivity contribution in [2.24, 2.45) is 24.3 Å². The van der Waals surface area contributed by atoms with Crippen LogP contribution in [0.3, 0.4) is 0 Å². The highest BCUT2D eigenvalue weighted by Crippen LogP contribution is 2.40. The first-order chi connectivity index (χ1) is 14.7. The molecule has 0 aliphatic rings. The molecule has 0 amide bonds. The fourth-order valence-corrected chi connectivity index (χ4v) is 3.86. The molecule has 31 heavy (non-hydrogen) atoms. The Morgan fingerprint density at radius 2 is 1.68 bits per heavy atom. The maximum Gasteiger partial charge on any atom is 0.408 e. The average molecular weight is 459 g/mol.